The van der Waals surface area contributed by atoms with Gasteiger partial charge in [-0.1, -0.05) is 53.2 Å². The molecule has 2 N–H and O–H groups in total. The number of carbonyl (C=O) groups excluding carboxylic acids is 1. The monoisotopic (exact) mass is 379 g/mol. The second kappa shape index (κ2) is 7.47. The average Bonchev–Trinajstić information content (AvgIpc) is 2.95. The molecule has 1 amide bonds. The van der Waals surface area contributed by atoms with Crippen molar-refractivity contribution >= 4 is 51.9 Å². The number of benzene rings is 2. The Morgan fingerprint density at radius 2 is 2.08 bits per heavy atom. The number of carbonyl (C=O) groups is 1. The summed E-state index contributed by atoms with van der Waals surface area (Å²) in [5, 5.41) is 4.59. The second-order valence-electron chi connectivity index (χ2n) is 5.27. The van der Waals surface area contributed by atoms with Crippen LogP contribution in [0.4, 0.5) is 0 Å². The highest BCUT2D eigenvalue weighted by Gasteiger charge is 2.16. The van der Waals surface area contributed by atoms with Crippen molar-refractivity contribution in [2.75, 3.05) is 0 Å². The van der Waals surface area contributed by atoms with Crippen LogP contribution >= 0.6 is 35.0 Å². The summed E-state index contributed by atoms with van der Waals surface area (Å²) >= 11 is 13.4. The van der Waals surface area contributed by atoms with E-state index in [-0.39, 0.29) is 11.2 Å². The lowest BCUT2D eigenvalue weighted by molar-refractivity contribution is -0.120. The number of nitrogens with zero attached hydrogens (tertiary/aromatic N) is 1. The van der Waals surface area contributed by atoms with Gasteiger partial charge < -0.3 is 10.3 Å². The van der Waals surface area contributed by atoms with Gasteiger partial charge in [0.05, 0.1) is 16.3 Å². The summed E-state index contributed by atoms with van der Waals surface area (Å²) in [7, 11) is 0. The van der Waals surface area contributed by atoms with Crippen molar-refractivity contribution in [3.63, 3.8) is 0 Å². The van der Waals surface area contributed by atoms with Crippen molar-refractivity contribution in [2.45, 2.75) is 23.9 Å². The first-order valence-electron chi connectivity index (χ1n) is 7.36. The molecule has 3 aromatic rings. The van der Waals surface area contributed by atoms with Gasteiger partial charge in [0.15, 0.2) is 5.16 Å². The number of rotatable bonds is 5. The summed E-state index contributed by atoms with van der Waals surface area (Å²) in [5.41, 5.74) is 2.57. The Labute approximate surface area is 153 Å². The largest absolute Gasteiger partial charge is 0.351 e. The molecule has 0 spiro atoms. The molecule has 0 saturated heterocycles. The smallest absolute Gasteiger partial charge is 0.233 e. The highest BCUT2D eigenvalue weighted by atomic mass is 35.5. The Bertz CT molecular complexity index is 881. The van der Waals surface area contributed by atoms with Crippen LogP contribution in [0, 0.1) is 0 Å². The van der Waals surface area contributed by atoms with Crippen LogP contribution in [0.2, 0.25) is 10.0 Å². The first-order valence-corrected chi connectivity index (χ1v) is 8.99. The quantitative estimate of drug-likeness (QED) is 0.633. The van der Waals surface area contributed by atoms with Gasteiger partial charge in [-0.25, -0.2) is 4.98 Å². The fourth-order valence-corrected chi connectivity index (χ4v) is 3.42. The first kappa shape index (κ1) is 17.1. The molecule has 24 heavy (non-hydrogen) atoms. The fourth-order valence-electron chi connectivity index (χ4n) is 2.20. The van der Waals surface area contributed by atoms with Crippen molar-refractivity contribution in [2.24, 2.45) is 0 Å². The molecule has 0 fully saturated rings. The number of thioether (sulfide) groups is 1. The minimum absolute atomic E-state index is 0.0709. The number of imidazole rings is 1. The van der Waals surface area contributed by atoms with Gasteiger partial charge in [-0.05, 0) is 36.8 Å². The standard InChI is InChI=1S/C17H15Cl2N3OS/c1-10(16(23)20-9-11-4-2-3-5-13(11)19)24-17-21-14-7-6-12(18)8-15(14)22-17/h2-8,10H,9H2,1H3,(H,20,23)(H,21,22). The van der Waals surface area contributed by atoms with Gasteiger partial charge in [0.2, 0.25) is 5.91 Å². The number of hydrogen-bond acceptors (Lipinski definition) is 3. The molecular weight excluding hydrogens is 365 g/mol. The van der Waals surface area contributed by atoms with E-state index in [0.29, 0.717) is 21.7 Å². The van der Waals surface area contributed by atoms with Crippen LogP contribution in [-0.4, -0.2) is 21.1 Å². The van der Waals surface area contributed by atoms with Crippen LogP contribution in [0.25, 0.3) is 11.0 Å². The maximum absolute atomic E-state index is 12.3. The Balaban J connectivity index is 1.61. The number of nitrogens with one attached hydrogen (secondary N) is 2. The third-order valence-corrected chi connectivity index (χ3v) is 5.08. The van der Waals surface area contributed by atoms with Crippen molar-refractivity contribution in [1.82, 2.24) is 15.3 Å². The lowest BCUT2D eigenvalue weighted by Crippen LogP contribution is -2.30. The maximum atomic E-state index is 12.3. The van der Waals surface area contributed by atoms with Crippen LogP contribution in [-0.2, 0) is 11.3 Å². The van der Waals surface area contributed by atoms with Crippen molar-refractivity contribution < 1.29 is 4.79 Å². The molecular formula is C17H15Cl2N3OS. The van der Waals surface area contributed by atoms with E-state index in [1.54, 1.807) is 12.1 Å². The lowest BCUT2D eigenvalue weighted by atomic mass is 10.2. The fraction of sp³-hybridized carbons (Fsp3) is 0.176. The predicted molar refractivity (Wildman–Crippen MR) is 99.7 cm³/mol. The first-order chi connectivity index (χ1) is 11.5. The molecule has 2 aromatic carbocycles. The predicted octanol–water partition coefficient (Wildman–Crippen LogP) is 4.67. The third kappa shape index (κ3) is 4.04. The Morgan fingerprint density at radius 1 is 1.29 bits per heavy atom. The van der Waals surface area contributed by atoms with Gasteiger partial charge in [0, 0.05) is 16.6 Å². The van der Waals surface area contributed by atoms with E-state index in [2.05, 4.69) is 15.3 Å². The van der Waals surface area contributed by atoms with Crippen LogP contribution in [0.5, 0.6) is 0 Å². The van der Waals surface area contributed by atoms with Crippen LogP contribution in [0.15, 0.2) is 47.6 Å². The van der Waals surface area contributed by atoms with Gasteiger partial charge in [0.1, 0.15) is 0 Å². The van der Waals surface area contributed by atoms with Gasteiger partial charge in [0.25, 0.3) is 0 Å². The summed E-state index contributed by atoms with van der Waals surface area (Å²) in [6.07, 6.45) is 0. The Kier molecular flexibility index (Phi) is 5.33. The summed E-state index contributed by atoms with van der Waals surface area (Å²) in [4.78, 5) is 19.9. The summed E-state index contributed by atoms with van der Waals surface area (Å²) in [6.45, 7) is 2.24. The average molecular weight is 380 g/mol. The molecule has 4 nitrogen and oxygen atoms in total. The summed E-state index contributed by atoms with van der Waals surface area (Å²) < 4.78 is 0. The molecule has 1 atom stereocenters. The van der Waals surface area contributed by atoms with E-state index in [9.17, 15) is 4.79 Å². The molecule has 0 aliphatic rings. The number of aromatic nitrogens is 2. The molecule has 0 bridgehead atoms. The molecule has 1 heterocycles. The highest BCUT2D eigenvalue weighted by Crippen LogP contribution is 2.25. The molecule has 0 aliphatic carbocycles. The number of halogens is 2. The molecule has 0 saturated carbocycles. The Hall–Kier alpha value is -1.69. The van der Waals surface area contributed by atoms with E-state index in [1.165, 1.54) is 11.8 Å². The Morgan fingerprint density at radius 3 is 2.88 bits per heavy atom. The molecule has 7 heteroatoms. The zero-order valence-corrected chi connectivity index (χ0v) is 15.2. The normalized spacial score (nSPS) is 12.3. The molecule has 3 rings (SSSR count). The number of aromatic amines is 1. The molecule has 0 aliphatic heterocycles. The SMILES string of the molecule is CC(Sc1nc2ccc(Cl)cc2[nH]1)C(=O)NCc1ccccc1Cl. The number of amides is 1. The van der Waals surface area contributed by atoms with Crippen LogP contribution in [0.3, 0.4) is 0 Å². The lowest BCUT2D eigenvalue weighted by Gasteiger charge is -2.11. The van der Waals surface area contributed by atoms with Gasteiger partial charge in [-0.2, -0.15) is 0 Å². The maximum Gasteiger partial charge on any atom is 0.233 e. The van der Waals surface area contributed by atoms with E-state index in [4.69, 9.17) is 23.2 Å². The van der Waals surface area contributed by atoms with Crippen molar-refractivity contribution in [3.05, 3.63) is 58.1 Å². The number of fused-ring (bicyclic) bond motifs is 1. The topological polar surface area (TPSA) is 57.8 Å². The molecule has 0 radical (unpaired) electrons. The minimum atomic E-state index is -0.288. The zero-order valence-electron chi connectivity index (χ0n) is 12.8. The molecule has 1 unspecified atom stereocenters. The summed E-state index contributed by atoms with van der Waals surface area (Å²) in [5.74, 6) is -0.0709. The van der Waals surface area contributed by atoms with Gasteiger partial charge in [-0.3, -0.25) is 4.79 Å². The van der Waals surface area contributed by atoms with Crippen LogP contribution < -0.4 is 5.32 Å². The van der Waals surface area contributed by atoms with E-state index >= 15 is 0 Å². The summed E-state index contributed by atoms with van der Waals surface area (Å²) in [6, 6.07) is 12.9. The van der Waals surface area contributed by atoms with E-state index < -0.39 is 0 Å². The molecule has 1 aromatic heterocycles. The number of H-pyrrole nitrogens is 1. The third-order valence-electron chi connectivity index (χ3n) is 3.49. The zero-order chi connectivity index (χ0) is 17.1. The molecule has 124 valence electrons. The minimum Gasteiger partial charge on any atom is -0.351 e. The van der Waals surface area contributed by atoms with E-state index in [0.717, 1.165) is 16.6 Å². The van der Waals surface area contributed by atoms with Gasteiger partial charge in [-0.15, -0.1) is 0 Å². The number of hydrogen-bond donors (Lipinski definition) is 2. The van der Waals surface area contributed by atoms with Crippen molar-refractivity contribution in [1.29, 1.82) is 0 Å². The van der Waals surface area contributed by atoms with Gasteiger partial charge >= 0.3 is 0 Å². The van der Waals surface area contributed by atoms with Crippen molar-refractivity contribution in [3.8, 4) is 0 Å². The second-order valence-corrected chi connectivity index (χ2v) is 7.45. The highest BCUT2D eigenvalue weighted by molar-refractivity contribution is 8.00. The van der Waals surface area contributed by atoms with Crippen LogP contribution in [0.1, 0.15) is 12.5 Å². The van der Waals surface area contributed by atoms with E-state index in [1.807, 2.05) is 37.3 Å².